The van der Waals surface area contributed by atoms with Crippen molar-refractivity contribution in [3.63, 3.8) is 0 Å². The number of para-hydroxylation sites is 1. The Morgan fingerprint density at radius 2 is 1.86 bits per heavy atom. The van der Waals surface area contributed by atoms with E-state index in [9.17, 15) is 9.90 Å². The Balaban J connectivity index is 1.70. The van der Waals surface area contributed by atoms with Crippen LogP contribution >= 0.6 is 23.8 Å². The number of benzene rings is 2. The van der Waals surface area contributed by atoms with Gasteiger partial charge in [-0.25, -0.2) is 4.79 Å². The molecule has 2 atom stereocenters. The van der Waals surface area contributed by atoms with E-state index >= 15 is 0 Å². The van der Waals surface area contributed by atoms with Gasteiger partial charge in [-0.2, -0.15) is 0 Å². The molecule has 5 rings (SSSR count). The Bertz CT molecular complexity index is 1500. The molecule has 1 aliphatic rings. The number of halogens is 1. The number of aromatic nitrogens is 2. The van der Waals surface area contributed by atoms with Crippen LogP contribution in [0.25, 0.3) is 5.69 Å². The molecule has 2 aromatic heterocycles. The lowest BCUT2D eigenvalue weighted by Crippen LogP contribution is -2.29. The summed E-state index contributed by atoms with van der Waals surface area (Å²) < 4.78 is 7.33. The summed E-state index contributed by atoms with van der Waals surface area (Å²) >= 11 is 12.3. The number of aryl methyl sites for hydroxylation is 1. The summed E-state index contributed by atoms with van der Waals surface area (Å²) in [7, 11) is 1.58. The number of aromatic carboxylic acids is 1. The maximum absolute atomic E-state index is 12.0. The number of rotatable bonds is 6. The van der Waals surface area contributed by atoms with Gasteiger partial charge in [-0.3, -0.25) is 4.98 Å². The Morgan fingerprint density at radius 1 is 1.11 bits per heavy atom. The number of hydrogen-bond donors (Lipinski definition) is 2. The highest BCUT2D eigenvalue weighted by Crippen LogP contribution is 2.45. The lowest BCUT2D eigenvalue weighted by Gasteiger charge is -2.28. The van der Waals surface area contributed by atoms with Crippen LogP contribution in [0.3, 0.4) is 0 Å². The van der Waals surface area contributed by atoms with Gasteiger partial charge in [-0.15, -0.1) is 0 Å². The molecular formula is C28H25ClN4O3S. The molecule has 0 unspecified atom stereocenters. The van der Waals surface area contributed by atoms with Gasteiger partial charge in [0, 0.05) is 23.3 Å². The number of anilines is 1. The first kappa shape index (κ1) is 24.8. The number of methoxy groups -OCH3 is 1. The molecule has 3 heterocycles. The van der Waals surface area contributed by atoms with Gasteiger partial charge >= 0.3 is 5.97 Å². The van der Waals surface area contributed by atoms with Crippen molar-refractivity contribution in [3.8, 4) is 11.4 Å². The van der Waals surface area contributed by atoms with Crippen molar-refractivity contribution in [2.75, 3.05) is 12.0 Å². The van der Waals surface area contributed by atoms with Gasteiger partial charge in [0.1, 0.15) is 5.75 Å². The van der Waals surface area contributed by atoms with Crippen LogP contribution in [-0.4, -0.2) is 32.8 Å². The molecule has 2 N–H and O–H groups in total. The quantitative estimate of drug-likeness (QED) is 0.294. The average molecular weight is 533 g/mol. The number of pyridine rings is 1. The third-order valence-electron chi connectivity index (χ3n) is 6.68. The number of hydrogen-bond acceptors (Lipinski definition) is 4. The maximum atomic E-state index is 12.0. The predicted molar refractivity (Wildman–Crippen MR) is 148 cm³/mol. The minimum atomic E-state index is -0.978. The number of ether oxygens (including phenoxy) is 1. The second-order valence-electron chi connectivity index (χ2n) is 8.80. The molecule has 2 aromatic carbocycles. The van der Waals surface area contributed by atoms with Crippen LogP contribution in [0.2, 0.25) is 5.02 Å². The third-order valence-corrected chi connectivity index (χ3v) is 7.29. The van der Waals surface area contributed by atoms with E-state index in [0.29, 0.717) is 21.6 Å². The molecule has 4 aromatic rings. The van der Waals surface area contributed by atoms with E-state index in [0.717, 1.165) is 28.3 Å². The van der Waals surface area contributed by atoms with Crippen LogP contribution in [0.15, 0.2) is 72.9 Å². The number of nitrogens with one attached hydrogen (secondary N) is 1. The van der Waals surface area contributed by atoms with E-state index in [2.05, 4.69) is 16.4 Å². The fourth-order valence-electron chi connectivity index (χ4n) is 5.06. The summed E-state index contributed by atoms with van der Waals surface area (Å²) in [6.07, 6.45) is 1.76. The average Bonchev–Trinajstić information content (AvgIpc) is 3.39. The SMILES string of the molecule is COc1ccc(N2C(=S)N[C@H](c3ccccn3)[C@H]2c2cc(C)n(-c3ccccc3C(=O)O)c2C)cc1Cl. The third kappa shape index (κ3) is 4.32. The van der Waals surface area contributed by atoms with Crippen molar-refractivity contribution in [2.45, 2.75) is 25.9 Å². The minimum absolute atomic E-state index is 0.232. The van der Waals surface area contributed by atoms with Crippen molar-refractivity contribution < 1.29 is 14.6 Å². The first-order chi connectivity index (χ1) is 17.8. The zero-order valence-corrected chi connectivity index (χ0v) is 22.0. The Kier molecular flexibility index (Phi) is 6.62. The van der Waals surface area contributed by atoms with Crippen LogP contribution in [0.5, 0.6) is 5.75 Å². The first-order valence-corrected chi connectivity index (χ1v) is 12.5. The van der Waals surface area contributed by atoms with Crippen molar-refractivity contribution in [3.05, 3.63) is 106 Å². The second-order valence-corrected chi connectivity index (χ2v) is 9.59. The number of carboxylic acid groups (broad SMARTS) is 1. The number of carbonyl (C=O) groups is 1. The molecule has 9 heteroatoms. The molecule has 0 saturated carbocycles. The second kappa shape index (κ2) is 9.88. The van der Waals surface area contributed by atoms with E-state index in [1.807, 2.05) is 71.8 Å². The minimum Gasteiger partial charge on any atom is -0.495 e. The number of carboxylic acids is 1. The highest BCUT2D eigenvalue weighted by atomic mass is 35.5. The van der Waals surface area contributed by atoms with Crippen LogP contribution in [-0.2, 0) is 0 Å². The molecule has 1 fully saturated rings. The molecule has 0 aliphatic carbocycles. The summed E-state index contributed by atoms with van der Waals surface area (Å²) in [5.74, 6) is -0.404. The fraction of sp³-hybridized carbons (Fsp3) is 0.179. The highest BCUT2D eigenvalue weighted by Gasteiger charge is 2.42. The molecule has 7 nitrogen and oxygen atoms in total. The van der Waals surface area contributed by atoms with E-state index < -0.39 is 5.97 Å². The molecule has 37 heavy (non-hydrogen) atoms. The summed E-state index contributed by atoms with van der Waals surface area (Å²) in [5.41, 5.74) is 5.30. The van der Waals surface area contributed by atoms with Crippen molar-refractivity contribution in [1.29, 1.82) is 0 Å². The van der Waals surface area contributed by atoms with Crippen LogP contribution in [0.1, 0.15) is 45.1 Å². The van der Waals surface area contributed by atoms with E-state index in [1.165, 1.54) is 0 Å². The van der Waals surface area contributed by atoms with Gasteiger partial charge < -0.3 is 24.6 Å². The number of thiocarbonyl (C=S) groups is 1. The van der Waals surface area contributed by atoms with Gasteiger partial charge in [0.05, 0.1) is 41.2 Å². The first-order valence-electron chi connectivity index (χ1n) is 11.7. The normalized spacial score (nSPS) is 17.1. The van der Waals surface area contributed by atoms with E-state index in [-0.39, 0.29) is 17.6 Å². The predicted octanol–water partition coefficient (Wildman–Crippen LogP) is 6.03. The fourth-order valence-corrected chi connectivity index (χ4v) is 5.66. The van der Waals surface area contributed by atoms with E-state index in [4.69, 9.17) is 28.6 Å². The van der Waals surface area contributed by atoms with Crippen molar-refractivity contribution in [1.82, 2.24) is 14.9 Å². The summed E-state index contributed by atoms with van der Waals surface area (Å²) in [4.78, 5) is 18.7. The highest BCUT2D eigenvalue weighted by molar-refractivity contribution is 7.80. The largest absolute Gasteiger partial charge is 0.495 e. The zero-order chi connectivity index (χ0) is 26.3. The molecule has 0 radical (unpaired) electrons. The topological polar surface area (TPSA) is 79.6 Å². The van der Waals surface area contributed by atoms with Crippen molar-refractivity contribution >= 4 is 40.6 Å². The molecular weight excluding hydrogens is 508 g/mol. The standard InChI is InChI=1S/C28H25ClN4O3S/c1-16-14-20(17(2)32(16)23-10-5-4-8-19(23)27(34)35)26-25(22-9-6-7-13-30-22)31-28(37)33(26)18-11-12-24(36-3)21(29)15-18/h4-15,25-26H,1-3H3,(H,31,37)(H,34,35)/t25-,26-/m1/s1. The molecule has 188 valence electrons. The van der Waals surface area contributed by atoms with E-state index in [1.54, 1.807) is 25.4 Å². The Labute approximate surface area is 225 Å². The lowest BCUT2D eigenvalue weighted by molar-refractivity contribution is 0.0697. The van der Waals surface area contributed by atoms with Gasteiger partial charge in [-0.05, 0) is 80.2 Å². The van der Waals surface area contributed by atoms with Gasteiger partial charge in [0.2, 0.25) is 0 Å². The number of nitrogens with zero attached hydrogens (tertiary/aromatic N) is 3. The summed E-state index contributed by atoms with van der Waals surface area (Å²) in [6.45, 7) is 3.97. The van der Waals surface area contributed by atoms with Gasteiger partial charge in [0.25, 0.3) is 0 Å². The van der Waals surface area contributed by atoms with Crippen LogP contribution in [0.4, 0.5) is 5.69 Å². The molecule has 0 amide bonds. The van der Waals surface area contributed by atoms with Gasteiger partial charge in [0.15, 0.2) is 5.11 Å². The van der Waals surface area contributed by atoms with Crippen LogP contribution in [0, 0.1) is 13.8 Å². The zero-order valence-electron chi connectivity index (χ0n) is 20.5. The Hall–Kier alpha value is -3.88. The lowest BCUT2D eigenvalue weighted by atomic mass is 9.96. The molecule has 0 bridgehead atoms. The van der Waals surface area contributed by atoms with Crippen molar-refractivity contribution in [2.24, 2.45) is 0 Å². The smallest absolute Gasteiger partial charge is 0.337 e. The Morgan fingerprint density at radius 3 is 2.54 bits per heavy atom. The monoisotopic (exact) mass is 532 g/mol. The molecule has 1 saturated heterocycles. The molecule has 0 spiro atoms. The summed E-state index contributed by atoms with van der Waals surface area (Å²) in [6, 6.07) is 19.9. The van der Waals surface area contributed by atoms with Gasteiger partial charge in [-0.1, -0.05) is 29.8 Å². The molecule has 1 aliphatic heterocycles. The van der Waals surface area contributed by atoms with Crippen LogP contribution < -0.4 is 15.0 Å². The maximum Gasteiger partial charge on any atom is 0.337 e. The summed E-state index contributed by atoms with van der Waals surface area (Å²) in [5, 5.41) is 14.3.